The Labute approximate surface area is 119 Å². The fourth-order valence-corrected chi connectivity index (χ4v) is 1.92. The van der Waals surface area contributed by atoms with Crippen LogP contribution < -0.4 is 4.74 Å². The fourth-order valence-electron chi connectivity index (χ4n) is 1.92. The summed E-state index contributed by atoms with van der Waals surface area (Å²) < 4.78 is 10.8. The predicted octanol–water partition coefficient (Wildman–Crippen LogP) is 3.05. The molecule has 0 spiro atoms. The second kappa shape index (κ2) is 6.28. The van der Waals surface area contributed by atoms with Crippen LogP contribution >= 0.6 is 0 Å². The Morgan fingerprint density at radius 1 is 1.25 bits per heavy atom. The third kappa shape index (κ3) is 3.20. The molecular formula is C16H19NO3. The van der Waals surface area contributed by atoms with Gasteiger partial charge in [0.2, 0.25) is 0 Å². The van der Waals surface area contributed by atoms with Gasteiger partial charge in [-0.15, -0.1) is 0 Å². The van der Waals surface area contributed by atoms with Gasteiger partial charge in [0.1, 0.15) is 18.1 Å². The summed E-state index contributed by atoms with van der Waals surface area (Å²) in [5, 5.41) is 0. The SMILES string of the molecule is Cc1ccccc1OCCN(C)C(=O)c1ccoc1C. The van der Waals surface area contributed by atoms with Gasteiger partial charge in [0.15, 0.2) is 0 Å². The maximum atomic E-state index is 12.1. The highest BCUT2D eigenvalue weighted by atomic mass is 16.5. The Hall–Kier alpha value is -2.23. The van der Waals surface area contributed by atoms with E-state index in [-0.39, 0.29) is 5.91 Å². The van der Waals surface area contributed by atoms with Crippen molar-refractivity contribution in [3.8, 4) is 5.75 Å². The number of furan rings is 1. The molecule has 0 radical (unpaired) electrons. The van der Waals surface area contributed by atoms with Crippen LogP contribution in [-0.2, 0) is 0 Å². The van der Waals surface area contributed by atoms with E-state index >= 15 is 0 Å². The van der Waals surface area contributed by atoms with Crippen molar-refractivity contribution in [2.75, 3.05) is 20.2 Å². The van der Waals surface area contributed by atoms with E-state index in [0.29, 0.717) is 24.5 Å². The molecule has 0 N–H and O–H groups in total. The number of rotatable bonds is 5. The van der Waals surface area contributed by atoms with Crippen LogP contribution in [0, 0.1) is 13.8 Å². The van der Waals surface area contributed by atoms with Gasteiger partial charge < -0.3 is 14.1 Å². The number of carbonyl (C=O) groups excluding carboxylic acids is 1. The van der Waals surface area contributed by atoms with E-state index in [1.165, 1.54) is 6.26 Å². The van der Waals surface area contributed by atoms with Crippen LogP contribution in [0.3, 0.4) is 0 Å². The summed E-state index contributed by atoms with van der Waals surface area (Å²) in [5.41, 5.74) is 1.69. The lowest BCUT2D eigenvalue weighted by atomic mass is 10.2. The number of likely N-dealkylation sites (N-methyl/N-ethyl adjacent to an activating group) is 1. The van der Waals surface area contributed by atoms with Gasteiger partial charge in [-0.05, 0) is 31.5 Å². The van der Waals surface area contributed by atoms with Gasteiger partial charge in [0.05, 0.1) is 18.4 Å². The Morgan fingerprint density at radius 2 is 2.00 bits per heavy atom. The highest BCUT2D eigenvalue weighted by Crippen LogP contribution is 2.16. The van der Waals surface area contributed by atoms with Crippen LogP contribution in [-0.4, -0.2) is 31.0 Å². The predicted molar refractivity (Wildman–Crippen MR) is 77.1 cm³/mol. The Morgan fingerprint density at radius 3 is 2.65 bits per heavy atom. The summed E-state index contributed by atoms with van der Waals surface area (Å²) >= 11 is 0. The molecule has 106 valence electrons. The fraction of sp³-hybridized carbons (Fsp3) is 0.312. The molecule has 0 bridgehead atoms. The van der Waals surface area contributed by atoms with E-state index in [1.54, 1.807) is 24.9 Å². The molecule has 0 saturated carbocycles. The van der Waals surface area contributed by atoms with Crippen molar-refractivity contribution in [1.82, 2.24) is 4.90 Å². The summed E-state index contributed by atoms with van der Waals surface area (Å²) in [4.78, 5) is 13.8. The molecule has 0 aliphatic heterocycles. The van der Waals surface area contributed by atoms with Gasteiger partial charge in [-0.25, -0.2) is 0 Å². The molecule has 4 nitrogen and oxygen atoms in total. The summed E-state index contributed by atoms with van der Waals surface area (Å²) in [6.45, 7) is 4.77. The summed E-state index contributed by atoms with van der Waals surface area (Å²) in [5.74, 6) is 1.44. The molecule has 1 aromatic heterocycles. The number of hydrogen-bond donors (Lipinski definition) is 0. The molecule has 0 unspecified atom stereocenters. The minimum absolute atomic E-state index is 0.0513. The Kier molecular flexibility index (Phi) is 4.45. The van der Waals surface area contributed by atoms with Gasteiger partial charge in [0.25, 0.3) is 5.91 Å². The molecule has 0 fully saturated rings. The molecule has 2 rings (SSSR count). The van der Waals surface area contributed by atoms with Crippen molar-refractivity contribution in [2.45, 2.75) is 13.8 Å². The summed E-state index contributed by atoms with van der Waals surface area (Å²) in [6, 6.07) is 9.53. The molecule has 0 aliphatic carbocycles. The largest absolute Gasteiger partial charge is 0.491 e. The molecular weight excluding hydrogens is 254 g/mol. The lowest BCUT2D eigenvalue weighted by molar-refractivity contribution is 0.0772. The quantitative estimate of drug-likeness (QED) is 0.841. The molecule has 4 heteroatoms. The van der Waals surface area contributed by atoms with Crippen molar-refractivity contribution in [1.29, 1.82) is 0 Å². The number of benzene rings is 1. The standard InChI is InChI=1S/C16H19NO3/c1-12-6-4-5-7-15(12)20-11-9-17(3)16(18)14-8-10-19-13(14)2/h4-8,10H,9,11H2,1-3H3. The van der Waals surface area contributed by atoms with Crippen LogP contribution in [0.15, 0.2) is 41.0 Å². The first-order valence-corrected chi connectivity index (χ1v) is 6.57. The summed E-state index contributed by atoms with van der Waals surface area (Å²) in [7, 11) is 1.76. The minimum Gasteiger partial charge on any atom is -0.491 e. The van der Waals surface area contributed by atoms with E-state index in [1.807, 2.05) is 31.2 Å². The smallest absolute Gasteiger partial charge is 0.257 e. The first-order chi connectivity index (χ1) is 9.59. The topological polar surface area (TPSA) is 42.7 Å². The molecule has 1 aromatic carbocycles. The summed E-state index contributed by atoms with van der Waals surface area (Å²) in [6.07, 6.45) is 1.53. The van der Waals surface area contributed by atoms with Crippen LogP contribution in [0.4, 0.5) is 0 Å². The number of carbonyl (C=O) groups is 1. The van der Waals surface area contributed by atoms with Gasteiger partial charge >= 0.3 is 0 Å². The molecule has 1 heterocycles. The van der Waals surface area contributed by atoms with Gasteiger partial charge in [-0.2, -0.15) is 0 Å². The average Bonchev–Trinajstić information content (AvgIpc) is 2.86. The zero-order chi connectivity index (χ0) is 14.5. The maximum Gasteiger partial charge on any atom is 0.257 e. The second-order valence-corrected chi connectivity index (χ2v) is 4.73. The third-order valence-electron chi connectivity index (χ3n) is 3.21. The van der Waals surface area contributed by atoms with Crippen molar-refractivity contribution >= 4 is 5.91 Å². The number of para-hydroxylation sites is 1. The lowest BCUT2D eigenvalue weighted by Gasteiger charge is -2.17. The van der Waals surface area contributed by atoms with Gasteiger partial charge in [0, 0.05) is 7.05 Å². The monoisotopic (exact) mass is 273 g/mol. The van der Waals surface area contributed by atoms with Crippen LogP contribution in [0.2, 0.25) is 0 Å². The van der Waals surface area contributed by atoms with Crippen molar-refractivity contribution in [3.05, 3.63) is 53.5 Å². The van der Waals surface area contributed by atoms with E-state index in [4.69, 9.17) is 9.15 Å². The van der Waals surface area contributed by atoms with E-state index in [9.17, 15) is 4.79 Å². The minimum atomic E-state index is -0.0513. The molecule has 0 atom stereocenters. The highest BCUT2D eigenvalue weighted by molar-refractivity contribution is 5.94. The maximum absolute atomic E-state index is 12.1. The first kappa shape index (κ1) is 14.2. The molecule has 2 aromatic rings. The zero-order valence-corrected chi connectivity index (χ0v) is 12.1. The molecule has 1 amide bonds. The van der Waals surface area contributed by atoms with E-state index in [0.717, 1.165) is 11.3 Å². The zero-order valence-electron chi connectivity index (χ0n) is 12.1. The number of amides is 1. The van der Waals surface area contributed by atoms with Gasteiger partial charge in [-0.1, -0.05) is 18.2 Å². The van der Waals surface area contributed by atoms with Crippen molar-refractivity contribution in [2.24, 2.45) is 0 Å². The van der Waals surface area contributed by atoms with E-state index in [2.05, 4.69) is 0 Å². The van der Waals surface area contributed by atoms with Crippen LogP contribution in [0.25, 0.3) is 0 Å². The lowest BCUT2D eigenvalue weighted by Crippen LogP contribution is -2.31. The van der Waals surface area contributed by atoms with Crippen LogP contribution in [0.5, 0.6) is 5.75 Å². The number of aryl methyl sites for hydroxylation is 2. The molecule has 0 aliphatic rings. The normalized spacial score (nSPS) is 10.3. The van der Waals surface area contributed by atoms with Crippen molar-refractivity contribution < 1.29 is 13.9 Å². The number of hydrogen-bond acceptors (Lipinski definition) is 3. The van der Waals surface area contributed by atoms with E-state index < -0.39 is 0 Å². The van der Waals surface area contributed by atoms with Gasteiger partial charge in [-0.3, -0.25) is 4.79 Å². The number of ether oxygens (including phenoxy) is 1. The van der Waals surface area contributed by atoms with Crippen molar-refractivity contribution in [3.63, 3.8) is 0 Å². The molecule has 20 heavy (non-hydrogen) atoms. The first-order valence-electron chi connectivity index (χ1n) is 6.57. The highest BCUT2D eigenvalue weighted by Gasteiger charge is 2.15. The molecule has 0 saturated heterocycles. The Balaban J connectivity index is 1.87. The third-order valence-corrected chi connectivity index (χ3v) is 3.21. The van der Waals surface area contributed by atoms with Crippen LogP contribution in [0.1, 0.15) is 21.7 Å². The second-order valence-electron chi connectivity index (χ2n) is 4.73. The average molecular weight is 273 g/mol. The number of nitrogens with zero attached hydrogens (tertiary/aromatic N) is 1. The Bertz CT molecular complexity index is 589.